The quantitative estimate of drug-likeness (QED) is 0.406. The van der Waals surface area contributed by atoms with E-state index >= 15 is 0 Å². The summed E-state index contributed by atoms with van der Waals surface area (Å²) in [6.07, 6.45) is 4.89. The zero-order valence-electron chi connectivity index (χ0n) is 8.02. The van der Waals surface area contributed by atoms with E-state index in [1.165, 1.54) is 18.4 Å². The molecule has 11 heavy (non-hydrogen) atoms. The molecule has 0 aromatic carbocycles. The fourth-order valence-corrected chi connectivity index (χ4v) is 1.22. The summed E-state index contributed by atoms with van der Waals surface area (Å²) in [6.45, 7) is 8.91. The molecule has 0 aliphatic rings. The van der Waals surface area contributed by atoms with E-state index in [1.807, 2.05) is 0 Å². The van der Waals surface area contributed by atoms with Gasteiger partial charge in [0.25, 0.3) is 0 Å². The van der Waals surface area contributed by atoms with Crippen molar-refractivity contribution in [3.63, 3.8) is 0 Å². The number of alkyl halides is 1. The number of halogens is 1. The molecule has 0 saturated carbocycles. The van der Waals surface area contributed by atoms with Gasteiger partial charge in [-0.3, -0.25) is 0 Å². The minimum Gasteiger partial charge on any atom is -0.0859 e. The number of hydrogen-bond acceptors (Lipinski definition) is 0. The van der Waals surface area contributed by atoms with Crippen LogP contribution in [0.1, 0.15) is 40.5 Å². The van der Waals surface area contributed by atoms with Gasteiger partial charge in [-0.15, -0.1) is 0 Å². The standard InChI is InChI=1S/C10H19I/c1-8(2)6-5-7-10(11)9(3)4/h6,9-10H,5,7H2,1-4H3. The molecule has 0 rings (SSSR count). The molecule has 0 aromatic rings. The van der Waals surface area contributed by atoms with E-state index in [9.17, 15) is 0 Å². The second kappa shape index (κ2) is 6.04. The molecular weight excluding hydrogens is 247 g/mol. The van der Waals surface area contributed by atoms with Crippen LogP contribution in [0.3, 0.4) is 0 Å². The maximum atomic E-state index is 2.55. The van der Waals surface area contributed by atoms with E-state index in [2.05, 4.69) is 56.4 Å². The van der Waals surface area contributed by atoms with Gasteiger partial charge in [-0.25, -0.2) is 0 Å². The predicted octanol–water partition coefficient (Wildman–Crippen LogP) is 4.19. The van der Waals surface area contributed by atoms with Gasteiger partial charge in [0.15, 0.2) is 0 Å². The van der Waals surface area contributed by atoms with Crippen LogP contribution in [0.4, 0.5) is 0 Å². The van der Waals surface area contributed by atoms with E-state index in [1.54, 1.807) is 0 Å². The van der Waals surface area contributed by atoms with Gasteiger partial charge in [-0.05, 0) is 32.6 Å². The molecule has 0 spiro atoms. The van der Waals surface area contributed by atoms with Crippen LogP contribution in [0, 0.1) is 5.92 Å². The molecule has 0 radical (unpaired) electrons. The lowest BCUT2D eigenvalue weighted by Crippen LogP contribution is -2.05. The molecule has 0 nitrogen and oxygen atoms in total. The van der Waals surface area contributed by atoms with Gasteiger partial charge >= 0.3 is 0 Å². The maximum Gasteiger partial charge on any atom is 0.0136 e. The largest absolute Gasteiger partial charge is 0.0859 e. The maximum absolute atomic E-state index is 2.55. The Morgan fingerprint density at radius 1 is 1.36 bits per heavy atom. The number of rotatable bonds is 4. The van der Waals surface area contributed by atoms with Gasteiger partial charge in [0.05, 0.1) is 0 Å². The van der Waals surface area contributed by atoms with Crippen molar-refractivity contribution in [2.24, 2.45) is 5.92 Å². The highest BCUT2D eigenvalue weighted by Gasteiger charge is 2.06. The molecule has 1 unspecified atom stereocenters. The summed E-state index contributed by atoms with van der Waals surface area (Å²) < 4.78 is 0.836. The summed E-state index contributed by atoms with van der Waals surface area (Å²) in [5, 5.41) is 0. The molecule has 0 heterocycles. The highest BCUT2D eigenvalue weighted by Crippen LogP contribution is 2.18. The number of hydrogen-bond donors (Lipinski definition) is 0. The molecule has 0 bridgehead atoms. The predicted molar refractivity (Wildman–Crippen MR) is 61.3 cm³/mol. The van der Waals surface area contributed by atoms with Crippen LogP contribution in [0.15, 0.2) is 11.6 Å². The second-order valence-electron chi connectivity index (χ2n) is 3.62. The van der Waals surface area contributed by atoms with Crippen LogP contribution in [0.2, 0.25) is 0 Å². The summed E-state index contributed by atoms with van der Waals surface area (Å²) in [4.78, 5) is 0. The van der Waals surface area contributed by atoms with Crippen molar-refractivity contribution in [3.05, 3.63) is 11.6 Å². The Bertz CT molecular complexity index is 121. The van der Waals surface area contributed by atoms with Gasteiger partial charge in [-0.2, -0.15) is 0 Å². The fourth-order valence-electron chi connectivity index (χ4n) is 0.865. The van der Waals surface area contributed by atoms with Gasteiger partial charge < -0.3 is 0 Å². The Labute approximate surface area is 84.6 Å². The first-order chi connectivity index (χ1) is 5.04. The van der Waals surface area contributed by atoms with Crippen molar-refractivity contribution in [2.75, 3.05) is 0 Å². The zero-order valence-corrected chi connectivity index (χ0v) is 10.2. The molecule has 66 valence electrons. The molecule has 0 aliphatic carbocycles. The first-order valence-electron chi connectivity index (χ1n) is 4.31. The lowest BCUT2D eigenvalue weighted by molar-refractivity contribution is 0.596. The molecular formula is C10H19I. The monoisotopic (exact) mass is 266 g/mol. The molecule has 0 saturated heterocycles. The van der Waals surface area contributed by atoms with Crippen LogP contribution in [0.5, 0.6) is 0 Å². The average Bonchev–Trinajstić information content (AvgIpc) is 1.86. The Morgan fingerprint density at radius 2 is 1.91 bits per heavy atom. The molecule has 1 heteroatoms. The highest BCUT2D eigenvalue weighted by molar-refractivity contribution is 14.1. The third-order valence-corrected chi connectivity index (χ3v) is 3.78. The summed E-state index contributed by atoms with van der Waals surface area (Å²) in [7, 11) is 0. The molecule has 0 aromatic heterocycles. The van der Waals surface area contributed by atoms with Crippen LogP contribution >= 0.6 is 22.6 Å². The Morgan fingerprint density at radius 3 is 2.27 bits per heavy atom. The van der Waals surface area contributed by atoms with Crippen molar-refractivity contribution < 1.29 is 0 Å². The Balaban J connectivity index is 3.47. The van der Waals surface area contributed by atoms with Gasteiger partial charge in [0.1, 0.15) is 0 Å². The van der Waals surface area contributed by atoms with Gasteiger partial charge in [0, 0.05) is 3.92 Å². The lowest BCUT2D eigenvalue weighted by Gasteiger charge is -2.11. The van der Waals surface area contributed by atoms with E-state index in [0.717, 1.165) is 9.84 Å². The average molecular weight is 266 g/mol. The molecule has 1 atom stereocenters. The smallest absolute Gasteiger partial charge is 0.0136 e. The topological polar surface area (TPSA) is 0 Å². The normalized spacial score (nSPS) is 13.3. The third kappa shape index (κ3) is 6.85. The number of allylic oxidation sites excluding steroid dienone is 2. The van der Waals surface area contributed by atoms with Crippen LogP contribution in [0.25, 0.3) is 0 Å². The Hall–Kier alpha value is 0.470. The highest BCUT2D eigenvalue weighted by atomic mass is 127. The SMILES string of the molecule is CC(C)=CCCC(I)C(C)C. The van der Waals surface area contributed by atoms with Crippen molar-refractivity contribution in [1.29, 1.82) is 0 Å². The van der Waals surface area contributed by atoms with E-state index in [0.29, 0.717) is 0 Å². The minimum atomic E-state index is 0.821. The van der Waals surface area contributed by atoms with E-state index in [-0.39, 0.29) is 0 Å². The zero-order chi connectivity index (χ0) is 8.85. The van der Waals surface area contributed by atoms with Crippen molar-refractivity contribution in [2.45, 2.75) is 44.5 Å². The summed E-state index contributed by atoms with van der Waals surface area (Å²) in [5.41, 5.74) is 1.44. The first-order valence-corrected chi connectivity index (χ1v) is 5.56. The van der Waals surface area contributed by atoms with Crippen LogP contribution in [-0.2, 0) is 0 Å². The minimum absolute atomic E-state index is 0.821. The second-order valence-corrected chi connectivity index (χ2v) is 5.22. The summed E-state index contributed by atoms with van der Waals surface area (Å²) >= 11 is 2.55. The molecule has 0 aliphatic heterocycles. The van der Waals surface area contributed by atoms with Crippen molar-refractivity contribution in [1.82, 2.24) is 0 Å². The summed E-state index contributed by atoms with van der Waals surface area (Å²) in [6, 6.07) is 0. The van der Waals surface area contributed by atoms with E-state index < -0.39 is 0 Å². The van der Waals surface area contributed by atoms with Gasteiger partial charge in [-0.1, -0.05) is 48.1 Å². The van der Waals surface area contributed by atoms with Crippen molar-refractivity contribution >= 4 is 22.6 Å². The van der Waals surface area contributed by atoms with Crippen molar-refractivity contribution in [3.8, 4) is 0 Å². The van der Waals surface area contributed by atoms with Crippen LogP contribution in [-0.4, -0.2) is 3.92 Å². The fraction of sp³-hybridized carbons (Fsp3) is 0.800. The third-order valence-electron chi connectivity index (χ3n) is 1.72. The van der Waals surface area contributed by atoms with Crippen LogP contribution < -0.4 is 0 Å². The first kappa shape index (κ1) is 11.5. The lowest BCUT2D eigenvalue weighted by atomic mass is 10.1. The van der Waals surface area contributed by atoms with Gasteiger partial charge in [0.2, 0.25) is 0 Å². The summed E-state index contributed by atoms with van der Waals surface area (Å²) in [5.74, 6) is 0.821. The van der Waals surface area contributed by atoms with E-state index in [4.69, 9.17) is 0 Å². The molecule has 0 amide bonds. The Kier molecular flexibility index (Phi) is 6.30. The molecule has 0 N–H and O–H groups in total. The molecule has 0 fully saturated rings.